The normalized spacial score (nSPS) is 14.8. The summed E-state index contributed by atoms with van der Waals surface area (Å²) in [7, 11) is 1.14. The predicted octanol–water partition coefficient (Wildman–Crippen LogP) is 3.78. The van der Waals surface area contributed by atoms with Gasteiger partial charge >= 0.3 is 12.1 Å². The predicted molar refractivity (Wildman–Crippen MR) is 88.1 cm³/mol. The summed E-state index contributed by atoms with van der Waals surface area (Å²) in [5.41, 5.74) is -0.529. The van der Waals surface area contributed by atoms with Crippen LogP contribution in [0.2, 0.25) is 0 Å². The summed E-state index contributed by atoms with van der Waals surface area (Å²) in [5.74, 6) is -2.48. The van der Waals surface area contributed by atoms with Crippen LogP contribution in [0.1, 0.15) is 43.1 Å². The third kappa shape index (κ3) is 4.55. The monoisotopic (exact) mass is 353 g/mol. The fourth-order valence-corrected chi connectivity index (χ4v) is 2.50. The van der Waals surface area contributed by atoms with Gasteiger partial charge in [0.05, 0.1) is 12.7 Å². The lowest BCUT2D eigenvalue weighted by atomic mass is 9.97. The molecular formula is C18H21F2NO4. The first-order valence-electron chi connectivity index (χ1n) is 7.87. The van der Waals surface area contributed by atoms with Crippen molar-refractivity contribution in [3.63, 3.8) is 0 Å². The van der Waals surface area contributed by atoms with Crippen molar-refractivity contribution >= 4 is 17.6 Å². The zero-order valence-corrected chi connectivity index (χ0v) is 14.7. The van der Waals surface area contributed by atoms with E-state index in [4.69, 9.17) is 4.74 Å². The molecule has 1 aliphatic heterocycles. The van der Waals surface area contributed by atoms with Gasteiger partial charge in [-0.15, -0.1) is 0 Å². The van der Waals surface area contributed by atoms with E-state index in [1.165, 1.54) is 4.90 Å². The largest absolute Gasteiger partial charge is 0.465 e. The number of methoxy groups -OCH3 is 1. The number of carbonyl (C=O) groups excluding carboxylic acids is 2. The molecule has 0 bridgehead atoms. The van der Waals surface area contributed by atoms with Crippen LogP contribution in [0.4, 0.5) is 13.6 Å². The van der Waals surface area contributed by atoms with E-state index in [1.807, 2.05) is 0 Å². The smallest absolute Gasteiger partial charge is 0.410 e. The summed E-state index contributed by atoms with van der Waals surface area (Å²) < 4.78 is 38.3. The van der Waals surface area contributed by atoms with Gasteiger partial charge in [-0.25, -0.2) is 18.4 Å². The molecule has 1 amide bonds. The van der Waals surface area contributed by atoms with Gasteiger partial charge in [0, 0.05) is 18.7 Å². The van der Waals surface area contributed by atoms with Crippen molar-refractivity contribution in [3.05, 3.63) is 41.0 Å². The van der Waals surface area contributed by atoms with Crippen molar-refractivity contribution < 1.29 is 27.8 Å². The van der Waals surface area contributed by atoms with Crippen molar-refractivity contribution in [3.8, 4) is 0 Å². The molecular weight excluding hydrogens is 332 g/mol. The number of esters is 1. The highest BCUT2D eigenvalue weighted by Gasteiger charge is 2.26. The molecule has 136 valence electrons. The molecule has 2 rings (SSSR count). The lowest BCUT2D eigenvalue weighted by molar-refractivity contribution is 0.0270. The first-order chi connectivity index (χ1) is 11.6. The number of carbonyl (C=O) groups is 2. The number of hydrogen-bond acceptors (Lipinski definition) is 4. The Hall–Kier alpha value is -2.44. The number of amides is 1. The van der Waals surface area contributed by atoms with Crippen LogP contribution in [0.5, 0.6) is 0 Å². The number of ether oxygens (including phenoxy) is 2. The van der Waals surface area contributed by atoms with Gasteiger partial charge in [0.1, 0.15) is 17.2 Å². The number of nitrogens with zero attached hydrogens (tertiary/aromatic N) is 1. The summed E-state index contributed by atoms with van der Waals surface area (Å²) in [6.07, 6.45) is 1.40. The van der Waals surface area contributed by atoms with E-state index < -0.39 is 29.3 Å². The average Bonchev–Trinajstić information content (AvgIpc) is 2.52. The summed E-state index contributed by atoms with van der Waals surface area (Å²) in [6, 6.07) is 1.90. The molecule has 1 aliphatic rings. The van der Waals surface area contributed by atoms with Gasteiger partial charge in [-0.3, -0.25) is 0 Å². The average molecular weight is 353 g/mol. The van der Waals surface area contributed by atoms with Gasteiger partial charge in [-0.1, -0.05) is 6.08 Å². The highest BCUT2D eigenvalue weighted by atomic mass is 19.1. The lowest BCUT2D eigenvalue weighted by Gasteiger charge is -2.29. The maximum absolute atomic E-state index is 14.3. The Balaban J connectivity index is 2.19. The Morgan fingerprint density at radius 3 is 2.20 bits per heavy atom. The molecule has 0 saturated carbocycles. The molecule has 0 unspecified atom stereocenters. The summed E-state index contributed by atoms with van der Waals surface area (Å²) >= 11 is 0. The third-order valence-electron chi connectivity index (χ3n) is 3.65. The van der Waals surface area contributed by atoms with Crippen LogP contribution in [-0.2, 0) is 9.47 Å². The highest BCUT2D eigenvalue weighted by molar-refractivity contribution is 5.90. The number of hydrogen-bond donors (Lipinski definition) is 0. The number of halogens is 2. The van der Waals surface area contributed by atoms with Crippen LogP contribution in [0, 0.1) is 11.6 Å². The Morgan fingerprint density at radius 2 is 1.76 bits per heavy atom. The van der Waals surface area contributed by atoms with Gasteiger partial charge in [-0.2, -0.15) is 0 Å². The van der Waals surface area contributed by atoms with Gasteiger partial charge < -0.3 is 14.4 Å². The molecule has 0 spiro atoms. The maximum Gasteiger partial charge on any atom is 0.410 e. The van der Waals surface area contributed by atoms with Crippen molar-refractivity contribution in [1.82, 2.24) is 4.90 Å². The van der Waals surface area contributed by atoms with Crippen LogP contribution >= 0.6 is 0 Å². The van der Waals surface area contributed by atoms with Gasteiger partial charge in [-0.05, 0) is 44.9 Å². The molecule has 7 heteroatoms. The minimum atomic E-state index is -0.836. The van der Waals surface area contributed by atoms with Gasteiger partial charge in [0.25, 0.3) is 0 Å². The molecule has 0 aliphatic carbocycles. The number of rotatable bonds is 2. The Kier molecular flexibility index (Phi) is 5.45. The molecule has 1 aromatic rings. The minimum Gasteiger partial charge on any atom is -0.465 e. The van der Waals surface area contributed by atoms with Crippen LogP contribution < -0.4 is 0 Å². The summed E-state index contributed by atoms with van der Waals surface area (Å²) in [4.78, 5) is 24.9. The Labute approximate surface area is 145 Å². The van der Waals surface area contributed by atoms with E-state index >= 15 is 0 Å². The van der Waals surface area contributed by atoms with Crippen LogP contribution in [0.15, 0.2) is 18.2 Å². The number of benzene rings is 1. The molecule has 0 aromatic heterocycles. The van der Waals surface area contributed by atoms with E-state index in [0.29, 0.717) is 12.1 Å². The molecule has 1 heterocycles. The van der Waals surface area contributed by atoms with E-state index in [-0.39, 0.29) is 24.1 Å². The van der Waals surface area contributed by atoms with Gasteiger partial charge in [0.2, 0.25) is 0 Å². The van der Waals surface area contributed by atoms with E-state index in [0.717, 1.165) is 19.2 Å². The quantitative estimate of drug-likeness (QED) is 0.760. The second-order valence-electron chi connectivity index (χ2n) is 6.71. The first kappa shape index (κ1) is 18.9. The summed E-state index contributed by atoms with van der Waals surface area (Å²) in [6.45, 7) is 5.79. The van der Waals surface area contributed by atoms with E-state index in [2.05, 4.69) is 4.74 Å². The molecule has 5 nitrogen and oxygen atoms in total. The second kappa shape index (κ2) is 7.21. The third-order valence-corrected chi connectivity index (χ3v) is 3.65. The zero-order chi connectivity index (χ0) is 18.8. The molecule has 25 heavy (non-hydrogen) atoms. The molecule has 0 radical (unpaired) electrons. The van der Waals surface area contributed by atoms with Crippen molar-refractivity contribution in [2.24, 2.45) is 0 Å². The topological polar surface area (TPSA) is 55.8 Å². The van der Waals surface area contributed by atoms with E-state index in [9.17, 15) is 18.4 Å². The molecule has 0 N–H and O–H groups in total. The fourth-order valence-electron chi connectivity index (χ4n) is 2.50. The van der Waals surface area contributed by atoms with Crippen LogP contribution in [0.3, 0.4) is 0 Å². The van der Waals surface area contributed by atoms with Crippen molar-refractivity contribution in [2.45, 2.75) is 32.8 Å². The molecule has 0 fully saturated rings. The SMILES string of the molecule is COC(=O)c1cc(F)c(C2=CCN(C(=O)OC(C)(C)C)CC2)c(F)c1. The van der Waals surface area contributed by atoms with E-state index in [1.54, 1.807) is 26.8 Å². The molecule has 1 aromatic carbocycles. The Morgan fingerprint density at radius 1 is 1.16 bits per heavy atom. The highest BCUT2D eigenvalue weighted by Crippen LogP contribution is 2.29. The maximum atomic E-state index is 14.3. The summed E-state index contributed by atoms with van der Waals surface area (Å²) in [5, 5.41) is 0. The second-order valence-corrected chi connectivity index (χ2v) is 6.71. The molecule has 0 atom stereocenters. The Bertz CT molecular complexity index is 699. The minimum absolute atomic E-state index is 0.184. The van der Waals surface area contributed by atoms with Crippen LogP contribution in [0.25, 0.3) is 5.57 Å². The lowest BCUT2D eigenvalue weighted by Crippen LogP contribution is -2.39. The van der Waals surface area contributed by atoms with Gasteiger partial charge in [0.15, 0.2) is 0 Å². The fraction of sp³-hybridized carbons (Fsp3) is 0.444. The van der Waals surface area contributed by atoms with Crippen molar-refractivity contribution in [1.29, 1.82) is 0 Å². The van der Waals surface area contributed by atoms with Crippen molar-refractivity contribution in [2.75, 3.05) is 20.2 Å². The zero-order valence-electron chi connectivity index (χ0n) is 14.7. The molecule has 0 saturated heterocycles. The standard InChI is InChI=1S/C18H21F2NO4/c1-18(2,3)25-17(23)21-7-5-11(6-8-21)15-13(19)9-12(10-14(15)20)16(22)24-4/h5,9-10H,6-8H2,1-4H3. The van der Waals surface area contributed by atoms with Crippen LogP contribution in [-0.4, -0.2) is 42.8 Å². The first-order valence-corrected chi connectivity index (χ1v) is 7.87.